The van der Waals surface area contributed by atoms with Crippen LogP contribution in [0.5, 0.6) is 5.75 Å². The van der Waals surface area contributed by atoms with Gasteiger partial charge in [-0.3, -0.25) is 0 Å². The third-order valence-electron chi connectivity index (χ3n) is 2.83. The Morgan fingerprint density at radius 2 is 2.00 bits per heavy atom. The van der Waals surface area contributed by atoms with Gasteiger partial charge >= 0.3 is 0 Å². The molecule has 0 aliphatic heterocycles. The standard InChI is InChI=1S/C16H17ClFNO/c1-2-9-20-16-8-7-13(17)10-15(16)19-11-12-5-3-4-6-14(12)18/h3-8,10,19H,2,9,11H2,1H3. The molecule has 106 valence electrons. The third kappa shape index (κ3) is 3.87. The van der Waals surface area contributed by atoms with Crippen LogP contribution >= 0.6 is 11.6 Å². The van der Waals surface area contributed by atoms with Gasteiger partial charge in [0.1, 0.15) is 11.6 Å². The molecule has 0 unspecified atom stereocenters. The molecule has 1 N–H and O–H groups in total. The molecule has 2 nitrogen and oxygen atoms in total. The minimum Gasteiger partial charge on any atom is -0.491 e. The van der Waals surface area contributed by atoms with E-state index in [-0.39, 0.29) is 5.82 Å². The molecule has 0 aliphatic rings. The summed E-state index contributed by atoms with van der Waals surface area (Å²) < 4.78 is 19.2. The first-order valence-corrected chi connectivity index (χ1v) is 6.98. The van der Waals surface area contributed by atoms with Gasteiger partial charge in [0.05, 0.1) is 12.3 Å². The summed E-state index contributed by atoms with van der Waals surface area (Å²) in [7, 11) is 0. The smallest absolute Gasteiger partial charge is 0.142 e. The van der Waals surface area contributed by atoms with Gasteiger partial charge in [-0.05, 0) is 30.7 Å². The third-order valence-corrected chi connectivity index (χ3v) is 3.07. The quantitative estimate of drug-likeness (QED) is 0.819. The van der Waals surface area contributed by atoms with E-state index in [9.17, 15) is 4.39 Å². The average Bonchev–Trinajstić information content (AvgIpc) is 2.45. The van der Waals surface area contributed by atoms with Crippen LogP contribution in [0.15, 0.2) is 42.5 Å². The Hall–Kier alpha value is -1.74. The molecule has 2 rings (SSSR count). The van der Waals surface area contributed by atoms with Crippen molar-refractivity contribution >= 4 is 17.3 Å². The number of benzene rings is 2. The van der Waals surface area contributed by atoms with E-state index in [0.717, 1.165) is 17.9 Å². The molecule has 0 aliphatic carbocycles. The topological polar surface area (TPSA) is 21.3 Å². The second-order valence-electron chi connectivity index (χ2n) is 4.43. The molecule has 0 saturated carbocycles. The van der Waals surface area contributed by atoms with Crippen molar-refractivity contribution in [1.82, 2.24) is 0 Å². The van der Waals surface area contributed by atoms with E-state index in [1.54, 1.807) is 24.3 Å². The van der Waals surface area contributed by atoms with Crippen molar-refractivity contribution in [2.24, 2.45) is 0 Å². The summed E-state index contributed by atoms with van der Waals surface area (Å²) in [4.78, 5) is 0. The van der Waals surface area contributed by atoms with Crippen LogP contribution in [0.25, 0.3) is 0 Å². The summed E-state index contributed by atoms with van der Waals surface area (Å²) in [6.45, 7) is 3.06. The van der Waals surface area contributed by atoms with E-state index in [0.29, 0.717) is 23.7 Å². The van der Waals surface area contributed by atoms with Gasteiger partial charge in [0, 0.05) is 17.1 Å². The fourth-order valence-electron chi connectivity index (χ4n) is 1.81. The van der Waals surface area contributed by atoms with E-state index in [2.05, 4.69) is 5.32 Å². The number of hydrogen-bond acceptors (Lipinski definition) is 2. The molecule has 2 aromatic rings. The van der Waals surface area contributed by atoms with Crippen LogP contribution in [0.3, 0.4) is 0 Å². The largest absolute Gasteiger partial charge is 0.491 e. The zero-order chi connectivity index (χ0) is 14.4. The maximum Gasteiger partial charge on any atom is 0.142 e. The Bertz CT molecular complexity index is 574. The van der Waals surface area contributed by atoms with Crippen molar-refractivity contribution in [3.05, 3.63) is 58.9 Å². The van der Waals surface area contributed by atoms with Gasteiger partial charge in [0.2, 0.25) is 0 Å². The summed E-state index contributed by atoms with van der Waals surface area (Å²) in [5, 5.41) is 3.79. The van der Waals surface area contributed by atoms with Crippen LogP contribution in [-0.2, 0) is 6.54 Å². The maximum atomic E-state index is 13.6. The van der Waals surface area contributed by atoms with Gasteiger partial charge in [-0.25, -0.2) is 4.39 Å². The van der Waals surface area contributed by atoms with Crippen LogP contribution < -0.4 is 10.1 Å². The summed E-state index contributed by atoms with van der Waals surface area (Å²) in [6, 6.07) is 12.1. The minimum atomic E-state index is -0.224. The van der Waals surface area contributed by atoms with Crippen molar-refractivity contribution in [2.45, 2.75) is 19.9 Å². The van der Waals surface area contributed by atoms with E-state index in [4.69, 9.17) is 16.3 Å². The Labute approximate surface area is 123 Å². The zero-order valence-corrected chi connectivity index (χ0v) is 12.1. The Morgan fingerprint density at radius 3 is 2.75 bits per heavy atom. The molecule has 0 fully saturated rings. The lowest BCUT2D eigenvalue weighted by Gasteiger charge is -2.13. The predicted octanol–water partition coefficient (Wildman–Crippen LogP) is 4.88. The highest BCUT2D eigenvalue weighted by molar-refractivity contribution is 6.30. The summed E-state index contributed by atoms with van der Waals surface area (Å²) >= 11 is 5.99. The highest BCUT2D eigenvalue weighted by Gasteiger charge is 2.06. The van der Waals surface area contributed by atoms with Crippen molar-refractivity contribution in [3.8, 4) is 5.75 Å². The van der Waals surface area contributed by atoms with Gasteiger partial charge < -0.3 is 10.1 Å². The average molecular weight is 294 g/mol. The monoisotopic (exact) mass is 293 g/mol. The van der Waals surface area contributed by atoms with Crippen molar-refractivity contribution in [1.29, 1.82) is 0 Å². The summed E-state index contributed by atoms with van der Waals surface area (Å²) in [5.41, 5.74) is 1.38. The van der Waals surface area contributed by atoms with Gasteiger partial charge in [-0.1, -0.05) is 36.7 Å². The zero-order valence-electron chi connectivity index (χ0n) is 11.3. The second-order valence-corrected chi connectivity index (χ2v) is 4.87. The molecule has 20 heavy (non-hydrogen) atoms. The van der Waals surface area contributed by atoms with Crippen molar-refractivity contribution in [2.75, 3.05) is 11.9 Å². The number of rotatable bonds is 6. The van der Waals surface area contributed by atoms with Gasteiger partial charge in [-0.15, -0.1) is 0 Å². The number of halogens is 2. The molecule has 0 saturated heterocycles. The fourth-order valence-corrected chi connectivity index (χ4v) is 1.98. The van der Waals surface area contributed by atoms with Crippen molar-refractivity contribution < 1.29 is 9.13 Å². The molecular formula is C16H17ClFNO. The van der Waals surface area contributed by atoms with Gasteiger partial charge in [0.25, 0.3) is 0 Å². The first-order chi connectivity index (χ1) is 9.70. The lowest BCUT2D eigenvalue weighted by Crippen LogP contribution is -2.04. The van der Waals surface area contributed by atoms with Crippen LogP contribution in [-0.4, -0.2) is 6.61 Å². The van der Waals surface area contributed by atoms with Crippen LogP contribution in [0.4, 0.5) is 10.1 Å². The number of ether oxygens (including phenoxy) is 1. The molecule has 0 spiro atoms. The maximum absolute atomic E-state index is 13.6. The number of nitrogens with one attached hydrogen (secondary N) is 1. The van der Waals surface area contributed by atoms with E-state index in [1.807, 2.05) is 19.1 Å². The molecular weight excluding hydrogens is 277 g/mol. The second kappa shape index (κ2) is 7.15. The van der Waals surface area contributed by atoms with Crippen LogP contribution in [0.1, 0.15) is 18.9 Å². The van der Waals surface area contributed by atoms with Crippen LogP contribution in [0, 0.1) is 5.82 Å². The van der Waals surface area contributed by atoms with E-state index in [1.165, 1.54) is 6.07 Å². The predicted molar refractivity (Wildman–Crippen MR) is 81.0 cm³/mol. The SMILES string of the molecule is CCCOc1ccc(Cl)cc1NCc1ccccc1F. The van der Waals surface area contributed by atoms with Crippen molar-refractivity contribution in [3.63, 3.8) is 0 Å². The molecule has 0 radical (unpaired) electrons. The molecule has 0 amide bonds. The minimum absolute atomic E-state index is 0.224. The molecule has 0 heterocycles. The highest BCUT2D eigenvalue weighted by atomic mass is 35.5. The van der Waals surface area contributed by atoms with Crippen LogP contribution in [0.2, 0.25) is 5.02 Å². The normalized spacial score (nSPS) is 10.3. The molecule has 4 heteroatoms. The summed E-state index contributed by atoms with van der Waals surface area (Å²) in [5.74, 6) is 0.505. The fraction of sp³-hybridized carbons (Fsp3) is 0.250. The molecule has 0 aromatic heterocycles. The van der Waals surface area contributed by atoms with E-state index < -0.39 is 0 Å². The lowest BCUT2D eigenvalue weighted by molar-refractivity contribution is 0.319. The Kier molecular flexibility index (Phi) is 5.24. The highest BCUT2D eigenvalue weighted by Crippen LogP contribution is 2.28. The molecule has 2 aromatic carbocycles. The first kappa shape index (κ1) is 14.7. The molecule has 0 atom stereocenters. The van der Waals surface area contributed by atoms with E-state index >= 15 is 0 Å². The summed E-state index contributed by atoms with van der Waals surface area (Å²) in [6.07, 6.45) is 0.926. The lowest BCUT2D eigenvalue weighted by atomic mass is 10.2. The van der Waals surface area contributed by atoms with Gasteiger partial charge in [-0.2, -0.15) is 0 Å². The molecule has 0 bridgehead atoms. The number of anilines is 1. The van der Waals surface area contributed by atoms with Gasteiger partial charge in [0.15, 0.2) is 0 Å². The Balaban J connectivity index is 2.11. The number of hydrogen-bond donors (Lipinski definition) is 1. The Morgan fingerprint density at radius 1 is 1.20 bits per heavy atom. The first-order valence-electron chi connectivity index (χ1n) is 6.60.